The molecule has 2 aromatic heterocycles. The summed E-state index contributed by atoms with van der Waals surface area (Å²) < 4.78 is 40.6. The van der Waals surface area contributed by atoms with E-state index < -0.39 is 28.6 Å². The Bertz CT molecular complexity index is 1190. The first-order valence-corrected chi connectivity index (χ1v) is 10.5. The number of rotatable bonds is 3. The van der Waals surface area contributed by atoms with Gasteiger partial charge < -0.3 is 15.2 Å². The molecule has 12 heteroatoms. The molecule has 1 aromatic carbocycles. The van der Waals surface area contributed by atoms with Crippen molar-refractivity contribution in [3.05, 3.63) is 52.7 Å². The molecule has 0 radical (unpaired) electrons. The molecular weight excluding hydrogens is 461 g/mol. The van der Waals surface area contributed by atoms with Crippen molar-refractivity contribution in [3.8, 4) is 11.3 Å². The quantitative estimate of drug-likeness (QED) is 0.572. The predicted octanol–water partition coefficient (Wildman–Crippen LogP) is 4.55. The Labute approximate surface area is 192 Å². The molecule has 1 unspecified atom stereocenters. The summed E-state index contributed by atoms with van der Waals surface area (Å²) in [4.78, 5) is 33.3. The van der Waals surface area contributed by atoms with Crippen LogP contribution < -0.4 is 10.2 Å². The van der Waals surface area contributed by atoms with E-state index in [1.165, 1.54) is 30.4 Å². The molecule has 0 spiro atoms. The number of aromatic amines is 1. The molecule has 1 aliphatic rings. The van der Waals surface area contributed by atoms with E-state index in [1.54, 1.807) is 4.68 Å². The van der Waals surface area contributed by atoms with Crippen molar-refractivity contribution < 1.29 is 22.8 Å². The molecule has 0 bridgehead atoms. The number of nitrogens with one attached hydrogen (secondary N) is 2. The average Bonchev–Trinajstić information content (AvgIpc) is 3.44. The SMILES string of the molecule is CC.CNC(=O)c1ncc(-c2cnn3c2C(=O)N(c2ccc(C(F)(F)F)c(Cl)c2)CC3C)[nH]1. The van der Waals surface area contributed by atoms with Gasteiger partial charge >= 0.3 is 6.18 Å². The summed E-state index contributed by atoms with van der Waals surface area (Å²) >= 11 is 5.84. The molecule has 176 valence electrons. The molecular formula is C21H22ClF3N6O2. The number of H-pyrrole nitrogens is 1. The van der Waals surface area contributed by atoms with E-state index in [9.17, 15) is 22.8 Å². The molecule has 0 saturated heterocycles. The molecule has 1 aliphatic heterocycles. The number of benzene rings is 1. The van der Waals surface area contributed by atoms with E-state index in [0.29, 0.717) is 11.3 Å². The normalized spacial score (nSPS) is 15.6. The van der Waals surface area contributed by atoms with Gasteiger partial charge in [0.2, 0.25) is 0 Å². The number of anilines is 1. The van der Waals surface area contributed by atoms with Crippen molar-refractivity contribution in [1.29, 1.82) is 0 Å². The fourth-order valence-electron chi connectivity index (χ4n) is 3.48. The number of carbonyl (C=O) groups excluding carboxylic acids is 2. The van der Waals surface area contributed by atoms with E-state index in [2.05, 4.69) is 20.4 Å². The molecule has 0 fully saturated rings. The highest BCUT2D eigenvalue weighted by Crippen LogP contribution is 2.38. The number of aromatic nitrogens is 4. The maximum absolute atomic E-state index is 13.3. The summed E-state index contributed by atoms with van der Waals surface area (Å²) in [5.41, 5.74) is 0.320. The number of halogens is 4. The minimum Gasteiger partial charge on any atom is -0.352 e. The molecule has 0 aliphatic carbocycles. The molecule has 0 saturated carbocycles. The van der Waals surface area contributed by atoms with Crippen molar-refractivity contribution in [1.82, 2.24) is 25.1 Å². The molecule has 3 aromatic rings. The second-order valence-electron chi connectivity index (χ2n) is 7.00. The number of amides is 2. The van der Waals surface area contributed by atoms with Gasteiger partial charge in [-0.25, -0.2) is 4.98 Å². The largest absolute Gasteiger partial charge is 0.417 e. The van der Waals surface area contributed by atoms with Gasteiger partial charge in [0.1, 0.15) is 5.69 Å². The third kappa shape index (κ3) is 4.45. The minimum atomic E-state index is -4.59. The number of nitrogens with zero attached hydrogens (tertiary/aromatic N) is 4. The van der Waals surface area contributed by atoms with Gasteiger partial charge in [0.15, 0.2) is 5.82 Å². The van der Waals surface area contributed by atoms with Gasteiger partial charge in [0.25, 0.3) is 11.8 Å². The summed E-state index contributed by atoms with van der Waals surface area (Å²) in [7, 11) is 1.46. The lowest BCUT2D eigenvalue weighted by atomic mass is 10.1. The van der Waals surface area contributed by atoms with Gasteiger partial charge in [-0.1, -0.05) is 25.4 Å². The highest BCUT2D eigenvalue weighted by molar-refractivity contribution is 6.31. The number of carbonyl (C=O) groups is 2. The Morgan fingerprint density at radius 1 is 1.27 bits per heavy atom. The Balaban J connectivity index is 0.00000149. The molecule has 1 atom stereocenters. The smallest absolute Gasteiger partial charge is 0.352 e. The first-order valence-electron chi connectivity index (χ1n) is 10.2. The maximum atomic E-state index is 13.3. The second kappa shape index (κ2) is 9.26. The topological polar surface area (TPSA) is 95.9 Å². The van der Waals surface area contributed by atoms with Crippen LogP contribution in [0.3, 0.4) is 0 Å². The molecule has 2 N–H and O–H groups in total. The highest BCUT2D eigenvalue weighted by atomic mass is 35.5. The predicted molar refractivity (Wildman–Crippen MR) is 117 cm³/mol. The van der Waals surface area contributed by atoms with Crippen molar-refractivity contribution >= 4 is 29.1 Å². The Kier molecular flexibility index (Phi) is 6.82. The van der Waals surface area contributed by atoms with Crippen LogP contribution in [-0.4, -0.2) is 45.2 Å². The number of alkyl halides is 3. The van der Waals surface area contributed by atoms with Crippen LogP contribution in [0, 0.1) is 0 Å². The van der Waals surface area contributed by atoms with Crippen LogP contribution in [0.5, 0.6) is 0 Å². The lowest BCUT2D eigenvalue weighted by Crippen LogP contribution is -2.42. The fraction of sp³-hybridized carbons (Fsp3) is 0.333. The van der Waals surface area contributed by atoms with E-state index in [-0.39, 0.29) is 29.8 Å². The van der Waals surface area contributed by atoms with Gasteiger partial charge in [-0.15, -0.1) is 0 Å². The number of hydrogen-bond donors (Lipinski definition) is 2. The lowest BCUT2D eigenvalue weighted by Gasteiger charge is -2.32. The number of imidazole rings is 1. The van der Waals surface area contributed by atoms with Crippen molar-refractivity contribution in [2.45, 2.75) is 33.0 Å². The van der Waals surface area contributed by atoms with E-state index in [1.807, 2.05) is 20.8 Å². The van der Waals surface area contributed by atoms with Crippen LogP contribution in [0.2, 0.25) is 5.02 Å². The molecule has 33 heavy (non-hydrogen) atoms. The zero-order chi connectivity index (χ0) is 24.5. The van der Waals surface area contributed by atoms with Crippen LogP contribution in [0.4, 0.5) is 18.9 Å². The minimum absolute atomic E-state index is 0.0696. The summed E-state index contributed by atoms with van der Waals surface area (Å²) in [6, 6.07) is 2.93. The Morgan fingerprint density at radius 2 is 1.97 bits per heavy atom. The molecule has 3 heterocycles. The van der Waals surface area contributed by atoms with Crippen molar-refractivity contribution in [2.24, 2.45) is 0 Å². The average molecular weight is 483 g/mol. The molecule has 4 rings (SSSR count). The van der Waals surface area contributed by atoms with Crippen LogP contribution in [0.25, 0.3) is 11.3 Å². The fourth-order valence-corrected chi connectivity index (χ4v) is 3.76. The zero-order valence-electron chi connectivity index (χ0n) is 18.3. The van der Waals surface area contributed by atoms with Gasteiger partial charge in [0.05, 0.1) is 40.3 Å². The third-order valence-electron chi connectivity index (χ3n) is 4.99. The van der Waals surface area contributed by atoms with E-state index in [0.717, 1.165) is 12.1 Å². The first kappa shape index (κ1) is 24.3. The second-order valence-corrected chi connectivity index (χ2v) is 7.41. The van der Waals surface area contributed by atoms with Crippen LogP contribution in [0.15, 0.2) is 30.6 Å². The van der Waals surface area contributed by atoms with Gasteiger partial charge in [-0.05, 0) is 25.1 Å². The summed E-state index contributed by atoms with van der Waals surface area (Å²) in [5.74, 6) is -0.814. The van der Waals surface area contributed by atoms with Crippen LogP contribution in [0.1, 0.15) is 53.5 Å². The van der Waals surface area contributed by atoms with E-state index >= 15 is 0 Å². The van der Waals surface area contributed by atoms with E-state index in [4.69, 9.17) is 11.6 Å². The van der Waals surface area contributed by atoms with Crippen molar-refractivity contribution in [2.75, 3.05) is 18.5 Å². The third-order valence-corrected chi connectivity index (χ3v) is 5.30. The Hall–Kier alpha value is -3.34. The number of hydrogen-bond acceptors (Lipinski definition) is 4. The molecule has 2 amide bonds. The first-order chi connectivity index (χ1) is 15.6. The van der Waals surface area contributed by atoms with Gasteiger partial charge in [-0.2, -0.15) is 18.3 Å². The summed E-state index contributed by atoms with van der Waals surface area (Å²) in [6.45, 7) is 6.02. The monoisotopic (exact) mass is 482 g/mol. The summed E-state index contributed by atoms with van der Waals surface area (Å²) in [6.07, 6.45) is -1.70. The van der Waals surface area contributed by atoms with Gasteiger partial charge in [0, 0.05) is 19.3 Å². The highest BCUT2D eigenvalue weighted by Gasteiger charge is 2.36. The maximum Gasteiger partial charge on any atom is 0.417 e. The Morgan fingerprint density at radius 3 is 2.58 bits per heavy atom. The summed E-state index contributed by atoms with van der Waals surface area (Å²) in [5, 5.41) is 6.23. The molecule has 8 nitrogen and oxygen atoms in total. The zero-order valence-corrected chi connectivity index (χ0v) is 19.0. The van der Waals surface area contributed by atoms with Crippen molar-refractivity contribution in [3.63, 3.8) is 0 Å². The van der Waals surface area contributed by atoms with Crippen LogP contribution in [-0.2, 0) is 6.18 Å². The lowest BCUT2D eigenvalue weighted by molar-refractivity contribution is -0.137. The standard InChI is InChI=1S/C19H16ClF3N6O2.C2H6/c1-9-8-28(10-3-4-12(13(20)5-10)19(21,22)23)18(31)15-11(6-26-29(9)15)14-7-25-16(27-14)17(30)24-2;1-2/h3-7,9H,8H2,1-2H3,(H,24,30)(H,25,27);1-2H3. The van der Waals surface area contributed by atoms with Gasteiger partial charge in [-0.3, -0.25) is 14.3 Å². The van der Waals surface area contributed by atoms with Crippen LogP contribution >= 0.6 is 11.6 Å². The number of fused-ring (bicyclic) bond motifs is 1.